The van der Waals surface area contributed by atoms with Crippen LogP contribution in [0.5, 0.6) is 0 Å². The molecule has 2 nitrogen and oxygen atoms in total. The summed E-state index contributed by atoms with van der Waals surface area (Å²) < 4.78 is 5.06. The molecule has 0 saturated heterocycles. The summed E-state index contributed by atoms with van der Waals surface area (Å²) in [4.78, 5) is 0. The summed E-state index contributed by atoms with van der Waals surface area (Å²) >= 11 is 0. The van der Waals surface area contributed by atoms with Gasteiger partial charge in [-0.25, -0.2) is 0 Å². The standard InChI is InChI=1S/C56H44N2/c1-55(2,3)39-19-25-49-45(31-39)43-27-35-11-7-9-13-37(35)29-51(43)57(49)47-23-17-33-16-22-42-48(24-18-34-15-21-41(47)53(33)54(34)42)58-50-26-20-40(56(4,5)6)32-46(50)44-28-36-12-8-10-14-38(36)30-52(44)58/h7-32H,1-6H3. The third kappa shape index (κ3) is 4.66. The van der Waals surface area contributed by atoms with E-state index in [1.54, 1.807) is 0 Å². The van der Waals surface area contributed by atoms with Crippen molar-refractivity contribution < 1.29 is 0 Å². The van der Waals surface area contributed by atoms with Crippen LogP contribution >= 0.6 is 0 Å². The topological polar surface area (TPSA) is 9.86 Å². The fourth-order valence-electron chi connectivity index (χ4n) is 10.0. The average molecular weight is 745 g/mol. The van der Waals surface area contributed by atoms with Crippen LogP contribution in [0.2, 0.25) is 0 Å². The van der Waals surface area contributed by atoms with Gasteiger partial charge >= 0.3 is 0 Å². The van der Waals surface area contributed by atoms with Crippen LogP contribution in [0, 0.1) is 0 Å². The van der Waals surface area contributed by atoms with Crippen molar-refractivity contribution in [2.45, 2.75) is 52.4 Å². The number of nitrogens with zero attached hydrogens (tertiary/aromatic N) is 2. The van der Waals surface area contributed by atoms with Crippen molar-refractivity contribution in [1.29, 1.82) is 0 Å². The van der Waals surface area contributed by atoms with Gasteiger partial charge in [0.25, 0.3) is 0 Å². The summed E-state index contributed by atoms with van der Waals surface area (Å²) in [5.41, 5.74) is 10.2. The largest absolute Gasteiger partial charge is 0.309 e. The van der Waals surface area contributed by atoms with E-state index in [0.717, 1.165) is 0 Å². The van der Waals surface area contributed by atoms with E-state index >= 15 is 0 Å². The highest BCUT2D eigenvalue weighted by molar-refractivity contribution is 6.27. The molecule has 0 bridgehead atoms. The molecule has 0 aliphatic rings. The van der Waals surface area contributed by atoms with E-state index in [1.165, 1.54) is 120 Å². The van der Waals surface area contributed by atoms with Crippen molar-refractivity contribution in [3.05, 3.63) is 169 Å². The molecule has 0 aliphatic heterocycles. The van der Waals surface area contributed by atoms with Gasteiger partial charge in [0.15, 0.2) is 0 Å². The Morgan fingerprint density at radius 3 is 1.05 bits per heavy atom. The molecule has 0 spiro atoms. The van der Waals surface area contributed by atoms with E-state index in [-0.39, 0.29) is 10.8 Å². The first kappa shape index (κ1) is 33.5. The molecule has 0 saturated carbocycles. The number of rotatable bonds is 2. The van der Waals surface area contributed by atoms with Crippen molar-refractivity contribution in [3.63, 3.8) is 0 Å². The Kier molecular flexibility index (Phi) is 6.63. The highest BCUT2D eigenvalue weighted by Crippen LogP contribution is 2.45. The number of aromatic nitrogens is 2. The Balaban J connectivity index is 1.17. The minimum atomic E-state index is 0.0442. The van der Waals surface area contributed by atoms with Crippen LogP contribution in [0.1, 0.15) is 52.7 Å². The van der Waals surface area contributed by atoms with E-state index in [0.29, 0.717) is 0 Å². The molecule has 0 radical (unpaired) electrons. The molecule has 0 amide bonds. The van der Waals surface area contributed by atoms with Gasteiger partial charge < -0.3 is 9.13 Å². The quantitative estimate of drug-likeness (QED) is 0.156. The highest BCUT2D eigenvalue weighted by atomic mass is 15.0. The van der Waals surface area contributed by atoms with Crippen LogP contribution in [0.4, 0.5) is 0 Å². The van der Waals surface area contributed by atoms with E-state index in [9.17, 15) is 0 Å². The van der Waals surface area contributed by atoms with Gasteiger partial charge in [0.05, 0.1) is 33.4 Å². The zero-order chi connectivity index (χ0) is 39.2. The molecule has 10 aromatic carbocycles. The molecule has 58 heavy (non-hydrogen) atoms. The lowest BCUT2D eigenvalue weighted by Crippen LogP contribution is -2.10. The third-order valence-electron chi connectivity index (χ3n) is 13.1. The molecule has 2 heteroatoms. The van der Waals surface area contributed by atoms with E-state index in [4.69, 9.17) is 0 Å². The fourth-order valence-corrected chi connectivity index (χ4v) is 10.0. The molecular formula is C56H44N2. The molecule has 0 N–H and O–H groups in total. The fraction of sp³-hybridized carbons (Fsp3) is 0.143. The normalized spacial score (nSPS) is 13.0. The van der Waals surface area contributed by atoms with E-state index in [2.05, 4.69) is 208 Å². The maximum atomic E-state index is 2.53. The summed E-state index contributed by atoms with van der Waals surface area (Å²) in [5, 5.41) is 17.9. The molecule has 278 valence electrons. The van der Waals surface area contributed by atoms with Gasteiger partial charge in [-0.05, 0) is 126 Å². The van der Waals surface area contributed by atoms with Gasteiger partial charge in [-0.15, -0.1) is 0 Å². The van der Waals surface area contributed by atoms with E-state index in [1.807, 2.05) is 0 Å². The Hall–Kier alpha value is -6.64. The van der Waals surface area contributed by atoms with Gasteiger partial charge in [-0.3, -0.25) is 0 Å². The minimum Gasteiger partial charge on any atom is -0.309 e. The Bertz CT molecular complexity index is 3440. The number of hydrogen-bond acceptors (Lipinski definition) is 0. The molecule has 0 atom stereocenters. The summed E-state index contributed by atoms with van der Waals surface area (Å²) in [6.45, 7) is 13.8. The molecular weight excluding hydrogens is 701 g/mol. The van der Waals surface area contributed by atoms with Crippen LogP contribution < -0.4 is 0 Å². The minimum absolute atomic E-state index is 0.0442. The first-order valence-electron chi connectivity index (χ1n) is 20.7. The maximum absolute atomic E-state index is 2.53. The Morgan fingerprint density at radius 2 is 0.655 bits per heavy atom. The van der Waals surface area contributed by atoms with Gasteiger partial charge in [0, 0.05) is 32.3 Å². The smallest absolute Gasteiger partial charge is 0.0547 e. The van der Waals surface area contributed by atoms with Crippen LogP contribution in [0.15, 0.2) is 158 Å². The van der Waals surface area contributed by atoms with Crippen molar-refractivity contribution in [2.24, 2.45) is 0 Å². The van der Waals surface area contributed by atoms with Gasteiger partial charge in [0.2, 0.25) is 0 Å². The predicted octanol–water partition coefficient (Wildman–Crippen LogP) is 15.7. The maximum Gasteiger partial charge on any atom is 0.0547 e. The van der Waals surface area contributed by atoms with Crippen molar-refractivity contribution in [2.75, 3.05) is 0 Å². The number of benzene rings is 10. The van der Waals surface area contributed by atoms with Crippen LogP contribution in [-0.2, 0) is 10.8 Å². The monoisotopic (exact) mass is 744 g/mol. The van der Waals surface area contributed by atoms with Crippen molar-refractivity contribution >= 4 is 97.5 Å². The first-order chi connectivity index (χ1) is 28.0. The van der Waals surface area contributed by atoms with Gasteiger partial charge in [-0.1, -0.05) is 139 Å². The lowest BCUT2D eigenvalue weighted by molar-refractivity contribution is 0.591. The average Bonchev–Trinajstić information content (AvgIpc) is 3.71. The van der Waals surface area contributed by atoms with Crippen molar-refractivity contribution in [3.8, 4) is 11.4 Å². The summed E-state index contributed by atoms with van der Waals surface area (Å²) in [5.74, 6) is 0. The number of fused-ring (bicyclic) bond motifs is 8. The molecule has 0 aliphatic carbocycles. The Labute approximate surface area is 337 Å². The van der Waals surface area contributed by atoms with E-state index < -0.39 is 0 Å². The molecule has 0 fully saturated rings. The zero-order valence-corrected chi connectivity index (χ0v) is 33.9. The summed E-state index contributed by atoms with van der Waals surface area (Å²) in [7, 11) is 0. The second kappa shape index (κ2) is 11.5. The lowest BCUT2D eigenvalue weighted by atomic mass is 9.86. The summed E-state index contributed by atoms with van der Waals surface area (Å²) in [6.07, 6.45) is 0. The summed E-state index contributed by atoms with van der Waals surface area (Å²) in [6, 6.07) is 60.2. The second-order valence-electron chi connectivity index (χ2n) is 18.7. The van der Waals surface area contributed by atoms with Gasteiger partial charge in [-0.2, -0.15) is 0 Å². The van der Waals surface area contributed by atoms with Crippen molar-refractivity contribution in [1.82, 2.24) is 9.13 Å². The molecule has 12 aromatic rings. The Morgan fingerprint density at radius 1 is 0.293 bits per heavy atom. The van der Waals surface area contributed by atoms with Crippen LogP contribution in [-0.4, -0.2) is 9.13 Å². The predicted molar refractivity (Wildman–Crippen MR) is 251 cm³/mol. The van der Waals surface area contributed by atoms with Crippen LogP contribution in [0.25, 0.3) is 109 Å². The molecule has 2 heterocycles. The number of hydrogen-bond donors (Lipinski definition) is 0. The lowest BCUT2D eigenvalue weighted by Gasteiger charge is -2.20. The highest BCUT2D eigenvalue weighted by Gasteiger charge is 2.23. The molecule has 0 unspecified atom stereocenters. The third-order valence-corrected chi connectivity index (χ3v) is 13.1. The molecule has 12 rings (SSSR count). The molecule has 2 aromatic heterocycles. The van der Waals surface area contributed by atoms with Crippen LogP contribution in [0.3, 0.4) is 0 Å². The first-order valence-corrected chi connectivity index (χ1v) is 20.7. The zero-order valence-electron chi connectivity index (χ0n) is 33.9. The SMILES string of the molecule is CC(C)(C)c1ccc2c(c1)c1cc3ccccc3cc1n2-c1ccc2ccc3c(-n4c5ccc(C(C)(C)C)cc5c5cc6ccccc6cc54)ccc4ccc1c2c43. The van der Waals surface area contributed by atoms with Gasteiger partial charge in [0.1, 0.15) is 0 Å². The second-order valence-corrected chi connectivity index (χ2v) is 18.7.